The predicted molar refractivity (Wildman–Crippen MR) is 87.8 cm³/mol. The van der Waals surface area contributed by atoms with E-state index < -0.39 is 5.92 Å². The standard InChI is InChI=1S/C18H23F2N3O/c1-3-5-13-8-12(11-24)9-21-16(13)17-22-15(18(19,20)4-2)10-23(17)14-6-7-14/h8-10,14,24H,3-7,11H2,1-2H3. The summed E-state index contributed by atoms with van der Waals surface area (Å²) in [4.78, 5) is 8.71. The minimum Gasteiger partial charge on any atom is -0.392 e. The number of rotatable bonds is 7. The summed E-state index contributed by atoms with van der Waals surface area (Å²) in [5.74, 6) is -2.40. The average Bonchev–Trinajstić information content (AvgIpc) is 3.33. The fourth-order valence-electron chi connectivity index (χ4n) is 2.86. The number of aliphatic hydroxyl groups excluding tert-OH is 1. The normalized spacial score (nSPS) is 15.0. The van der Waals surface area contributed by atoms with E-state index in [1.165, 1.54) is 13.1 Å². The summed E-state index contributed by atoms with van der Waals surface area (Å²) >= 11 is 0. The van der Waals surface area contributed by atoms with Gasteiger partial charge in [-0.15, -0.1) is 0 Å². The van der Waals surface area contributed by atoms with Crippen LogP contribution in [0.1, 0.15) is 62.4 Å². The van der Waals surface area contributed by atoms with E-state index in [0.29, 0.717) is 11.5 Å². The van der Waals surface area contributed by atoms with Gasteiger partial charge in [-0.1, -0.05) is 20.3 Å². The number of aliphatic hydroxyl groups is 1. The molecule has 0 saturated heterocycles. The Morgan fingerprint density at radius 2 is 2.08 bits per heavy atom. The van der Waals surface area contributed by atoms with Crippen molar-refractivity contribution in [2.75, 3.05) is 0 Å². The molecule has 1 fully saturated rings. The first-order valence-electron chi connectivity index (χ1n) is 8.56. The van der Waals surface area contributed by atoms with Gasteiger partial charge in [0.1, 0.15) is 11.4 Å². The second kappa shape index (κ2) is 6.59. The Hall–Kier alpha value is -1.82. The zero-order chi connectivity index (χ0) is 17.3. The van der Waals surface area contributed by atoms with Crippen molar-refractivity contribution in [2.24, 2.45) is 0 Å². The molecular weight excluding hydrogens is 312 g/mol. The van der Waals surface area contributed by atoms with Crippen molar-refractivity contribution >= 4 is 0 Å². The number of hydrogen-bond acceptors (Lipinski definition) is 3. The Labute approximate surface area is 140 Å². The number of imidazole rings is 1. The molecule has 2 aromatic heterocycles. The van der Waals surface area contributed by atoms with Crippen LogP contribution in [0.15, 0.2) is 18.5 Å². The van der Waals surface area contributed by atoms with Gasteiger partial charge in [-0.3, -0.25) is 4.98 Å². The predicted octanol–water partition coefficient (Wildman–Crippen LogP) is 4.23. The Kier molecular flexibility index (Phi) is 4.67. The zero-order valence-electron chi connectivity index (χ0n) is 14.1. The SMILES string of the molecule is CCCc1cc(CO)cnc1-c1nc(C(F)(F)CC)cn1C1CC1. The lowest BCUT2D eigenvalue weighted by Gasteiger charge is -2.11. The number of aromatic nitrogens is 3. The van der Waals surface area contributed by atoms with Crippen LogP contribution < -0.4 is 0 Å². The molecular formula is C18H23F2N3O. The molecule has 1 N–H and O–H groups in total. The van der Waals surface area contributed by atoms with Crippen LogP contribution in [0.3, 0.4) is 0 Å². The van der Waals surface area contributed by atoms with Crippen LogP contribution in [0.5, 0.6) is 0 Å². The molecule has 0 atom stereocenters. The second-order valence-electron chi connectivity index (χ2n) is 6.41. The largest absolute Gasteiger partial charge is 0.392 e. The van der Waals surface area contributed by atoms with Gasteiger partial charge in [0.2, 0.25) is 0 Å². The quantitative estimate of drug-likeness (QED) is 0.824. The van der Waals surface area contributed by atoms with Crippen LogP contribution in [0.2, 0.25) is 0 Å². The first-order chi connectivity index (χ1) is 11.5. The van der Waals surface area contributed by atoms with Gasteiger partial charge in [-0.25, -0.2) is 4.98 Å². The summed E-state index contributed by atoms with van der Waals surface area (Å²) in [6.07, 6.45) is 6.47. The highest BCUT2D eigenvalue weighted by Crippen LogP contribution is 2.41. The molecule has 6 heteroatoms. The zero-order valence-corrected chi connectivity index (χ0v) is 14.1. The maximum atomic E-state index is 14.1. The van der Waals surface area contributed by atoms with Crippen molar-refractivity contribution in [3.63, 3.8) is 0 Å². The molecule has 2 aromatic rings. The first kappa shape index (κ1) is 17.0. The van der Waals surface area contributed by atoms with Crippen LogP contribution in [0, 0.1) is 0 Å². The van der Waals surface area contributed by atoms with Crippen molar-refractivity contribution in [3.05, 3.63) is 35.3 Å². The van der Waals surface area contributed by atoms with Gasteiger partial charge in [0, 0.05) is 24.9 Å². The van der Waals surface area contributed by atoms with E-state index in [0.717, 1.165) is 36.8 Å². The molecule has 0 bridgehead atoms. The van der Waals surface area contributed by atoms with Gasteiger partial charge in [0.25, 0.3) is 5.92 Å². The van der Waals surface area contributed by atoms with E-state index in [2.05, 4.69) is 16.9 Å². The van der Waals surface area contributed by atoms with Gasteiger partial charge < -0.3 is 9.67 Å². The van der Waals surface area contributed by atoms with Crippen molar-refractivity contribution in [2.45, 2.75) is 64.5 Å². The molecule has 24 heavy (non-hydrogen) atoms. The van der Waals surface area contributed by atoms with E-state index >= 15 is 0 Å². The van der Waals surface area contributed by atoms with Crippen molar-refractivity contribution < 1.29 is 13.9 Å². The van der Waals surface area contributed by atoms with Crippen LogP contribution >= 0.6 is 0 Å². The van der Waals surface area contributed by atoms with Crippen LogP contribution in [-0.2, 0) is 19.0 Å². The van der Waals surface area contributed by atoms with Crippen LogP contribution in [0.4, 0.5) is 8.78 Å². The van der Waals surface area contributed by atoms with Gasteiger partial charge >= 0.3 is 0 Å². The van der Waals surface area contributed by atoms with E-state index in [1.807, 2.05) is 10.6 Å². The Morgan fingerprint density at radius 1 is 1.33 bits per heavy atom. The van der Waals surface area contributed by atoms with E-state index in [9.17, 15) is 13.9 Å². The first-order valence-corrected chi connectivity index (χ1v) is 8.56. The average molecular weight is 335 g/mol. The lowest BCUT2D eigenvalue weighted by molar-refractivity contribution is -0.0124. The second-order valence-corrected chi connectivity index (χ2v) is 6.41. The number of hydrogen-bond donors (Lipinski definition) is 1. The summed E-state index contributed by atoms with van der Waals surface area (Å²) in [5.41, 5.74) is 2.15. The lowest BCUT2D eigenvalue weighted by Crippen LogP contribution is -2.11. The van der Waals surface area contributed by atoms with Gasteiger partial charge in [0.15, 0.2) is 5.82 Å². The fraction of sp³-hybridized carbons (Fsp3) is 0.556. The molecule has 130 valence electrons. The molecule has 1 aliphatic rings. The van der Waals surface area contributed by atoms with E-state index in [-0.39, 0.29) is 24.8 Å². The molecule has 2 heterocycles. The molecule has 1 aliphatic carbocycles. The molecule has 0 radical (unpaired) electrons. The van der Waals surface area contributed by atoms with E-state index in [1.54, 1.807) is 6.20 Å². The highest BCUT2D eigenvalue weighted by atomic mass is 19.3. The molecule has 0 aliphatic heterocycles. The highest BCUT2D eigenvalue weighted by Gasteiger charge is 2.36. The maximum Gasteiger partial charge on any atom is 0.290 e. The fourth-order valence-corrected chi connectivity index (χ4v) is 2.86. The summed E-state index contributed by atoms with van der Waals surface area (Å²) in [5, 5.41) is 9.33. The van der Waals surface area contributed by atoms with Crippen molar-refractivity contribution in [1.29, 1.82) is 0 Å². The summed E-state index contributed by atoms with van der Waals surface area (Å²) in [6, 6.07) is 2.14. The minimum absolute atomic E-state index is 0.0831. The molecule has 4 nitrogen and oxygen atoms in total. The molecule has 0 spiro atoms. The summed E-state index contributed by atoms with van der Waals surface area (Å²) in [7, 11) is 0. The summed E-state index contributed by atoms with van der Waals surface area (Å²) in [6.45, 7) is 3.44. The van der Waals surface area contributed by atoms with Crippen LogP contribution in [0.25, 0.3) is 11.5 Å². The Balaban J connectivity index is 2.11. The third-order valence-electron chi connectivity index (χ3n) is 4.43. The number of aryl methyl sites for hydroxylation is 1. The third-order valence-corrected chi connectivity index (χ3v) is 4.43. The number of halogens is 2. The molecule has 3 rings (SSSR count). The number of pyridine rings is 1. The van der Waals surface area contributed by atoms with Crippen molar-refractivity contribution in [3.8, 4) is 11.5 Å². The molecule has 0 amide bonds. The third kappa shape index (κ3) is 3.20. The van der Waals surface area contributed by atoms with E-state index in [4.69, 9.17) is 0 Å². The van der Waals surface area contributed by atoms with Crippen LogP contribution in [-0.4, -0.2) is 19.6 Å². The lowest BCUT2D eigenvalue weighted by atomic mass is 10.1. The maximum absolute atomic E-state index is 14.1. The number of nitrogens with zero attached hydrogens (tertiary/aromatic N) is 3. The topological polar surface area (TPSA) is 50.9 Å². The molecule has 1 saturated carbocycles. The minimum atomic E-state index is -2.93. The van der Waals surface area contributed by atoms with Crippen molar-refractivity contribution in [1.82, 2.24) is 14.5 Å². The van der Waals surface area contributed by atoms with Gasteiger partial charge in [-0.05, 0) is 36.5 Å². The monoisotopic (exact) mass is 335 g/mol. The Bertz CT molecular complexity index is 723. The smallest absolute Gasteiger partial charge is 0.290 e. The molecule has 0 aromatic carbocycles. The summed E-state index contributed by atoms with van der Waals surface area (Å²) < 4.78 is 30.1. The van der Waals surface area contributed by atoms with Gasteiger partial charge in [0.05, 0.1) is 6.61 Å². The van der Waals surface area contributed by atoms with Gasteiger partial charge in [-0.2, -0.15) is 8.78 Å². The Morgan fingerprint density at radius 3 is 2.67 bits per heavy atom. The highest BCUT2D eigenvalue weighted by molar-refractivity contribution is 5.57. The number of alkyl halides is 2. The molecule has 0 unspecified atom stereocenters.